The van der Waals surface area contributed by atoms with Gasteiger partial charge in [-0.3, -0.25) is 18.9 Å². The summed E-state index contributed by atoms with van der Waals surface area (Å²) in [6.45, 7) is 1.59. The van der Waals surface area contributed by atoms with Crippen molar-refractivity contribution < 1.29 is 38.3 Å². The molecule has 2 atom stereocenters. The summed E-state index contributed by atoms with van der Waals surface area (Å²) < 4.78 is 15.9. The van der Waals surface area contributed by atoms with E-state index in [0.717, 1.165) is 12.5 Å². The van der Waals surface area contributed by atoms with Crippen LogP contribution in [-0.2, 0) is 30.3 Å². The van der Waals surface area contributed by atoms with Crippen molar-refractivity contribution in [2.24, 2.45) is 0 Å². The summed E-state index contributed by atoms with van der Waals surface area (Å²) in [5.74, 6) is -3.57. The molecule has 0 aromatic heterocycles. The van der Waals surface area contributed by atoms with Crippen molar-refractivity contribution in [1.82, 2.24) is 21.3 Å². The standard InChI is InChI=1S/C17H25N4O8P/c1-11(16(24)21-12(2)30(26,27)28)20-15(23)9-18-14(22)8-19-17(25)29-10-13-6-4-3-5-7-13/h3-7,11-12H,8-10H2,1-2H3,(H,18,22)(H,19,25)(H,20,23)(H,21,24)(H2,26,27,28)/t11-,12+/m0/s1. The SMILES string of the molecule is C[C@H](NC(=O)CNC(=O)CNC(=O)OCc1ccccc1)C(=O)N[C@@H](C)P(=O)(O)O. The molecule has 0 spiro atoms. The molecule has 1 rings (SSSR count). The maximum absolute atomic E-state index is 11.8. The lowest BCUT2D eigenvalue weighted by atomic mass is 10.2. The zero-order valence-corrected chi connectivity index (χ0v) is 17.3. The summed E-state index contributed by atoms with van der Waals surface area (Å²) in [4.78, 5) is 64.7. The van der Waals surface area contributed by atoms with Gasteiger partial charge in [0, 0.05) is 0 Å². The molecule has 0 heterocycles. The highest BCUT2D eigenvalue weighted by Crippen LogP contribution is 2.39. The Hall–Kier alpha value is -2.95. The van der Waals surface area contributed by atoms with E-state index in [1.807, 2.05) is 6.07 Å². The molecular weight excluding hydrogens is 419 g/mol. The molecule has 0 bridgehead atoms. The van der Waals surface area contributed by atoms with Crippen LogP contribution in [0, 0.1) is 0 Å². The molecule has 0 saturated carbocycles. The van der Waals surface area contributed by atoms with Gasteiger partial charge in [-0.15, -0.1) is 0 Å². The van der Waals surface area contributed by atoms with Gasteiger partial charge in [0.2, 0.25) is 17.7 Å². The fourth-order valence-corrected chi connectivity index (χ4v) is 2.24. The van der Waals surface area contributed by atoms with Crippen LogP contribution in [0.1, 0.15) is 19.4 Å². The highest BCUT2D eigenvalue weighted by Gasteiger charge is 2.27. The molecule has 0 radical (unpaired) electrons. The Labute approximate surface area is 172 Å². The number of hydrogen-bond donors (Lipinski definition) is 6. The largest absolute Gasteiger partial charge is 0.445 e. The quantitative estimate of drug-likeness (QED) is 0.253. The number of benzene rings is 1. The van der Waals surface area contributed by atoms with Gasteiger partial charge in [0.25, 0.3) is 0 Å². The molecule has 0 saturated heterocycles. The van der Waals surface area contributed by atoms with Crippen LogP contribution in [0.3, 0.4) is 0 Å². The maximum atomic E-state index is 11.8. The number of hydrogen-bond acceptors (Lipinski definition) is 6. The Morgan fingerprint density at radius 2 is 1.57 bits per heavy atom. The van der Waals surface area contributed by atoms with Crippen molar-refractivity contribution in [3.63, 3.8) is 0 Å². The number of carbonyl (C=O) groups excluding carboxylic acids is 4. The van der Waals surface area contributed by atoms with Gasteiger partial charge in [-0.25, -0.2) is 4.79 Å². The summed E-state index contributed by atoms with van der Waals surface area (Å²) in [6, 6.07) is 7.85. The molecule has 6 N–H and O–H groups in total. The summed E-state index contributed by atoms with van der Waals surface area (Å²) in [5.41, 5.74) is 0.780. The van der Waals surface area contributed by atoms with E-state index >= 15 is 0 Å². The van der Waals surface area contributed by atoms with Gasteiger partial charge in [0.1, 0.15) is 25.0 Å². The van der Waals surface area contributed by atoms with Gasteiger partial charge < -0.3 is 35.8 Å². The smallest absolute Gasteiger partial charge is 0.407 e. The number of rotatable bonds is 10. The van der Waals surface area contributed by atoms with Crippen LogP contribution in [0.15, 0.2) is 30.3 Å². The van der Waals surface area contributed by atoms with Gasteiger partial charge in [0.15, 0.2) is 0 Å². The predicted octanol–water partition coefficient (Wildman–Crippen LogP) is -0.826. The minimum atomic E-state index is -4.50. The lowest BCUT2D eigenvalue weighted by Crippen LogP contribution is -2.50. The summed E-state index contributed by atoms with van der Waals surface area (Å²) in [6.07, 6.45) is -0.803. The van der Waals surface area contributed by atoms with Crippen LogP contribution in [0.5, 0.6) is 0 Å². The van der Waals surface area contributed by atoms with E-state index in [4.69, 9.17) is 14.5 Å². The van der Waals surface area contributed by atoms with E-state index in [2.05, 4.69) is 21.3 Å². The summed E-state index contributed by atoms with van der Waals surface area (Å²) in [5, 5.41) is 8.82. The summed E-state index contributed by atoms with van der Waals surface area (Å²) in [7, 11) is -4.50. The number of nitrogens with one attached hydrogen (secondary N) is 4. The molecule has 1 aromatic rings. The van der Waals surface area contributed by atoms with E-state index in [1.54, 1.807) is 24.3 Å². The van der Waals surface area contributed by atoms with E-state index in [9.17, 15) is 23.7 Å². The topological polar surface area (TPSA) is 183 Å². The predicted molar refractivity (Wildman–Crippen MR) is 105 cm³/mol. The first-order valence-electron chi connectivity index (χ1n) is 8.85. The minimum absolute atomic E-state index is 0.0390. The summed E-state index contributed by atoms with van der Waals surface area (Å²) >= 11 is 0. The van der Waals surface area contributed by atoms with Crippen molar-refractivity contribution in [3.05, 3.63) is 35.9 Å². The number of ether oxygens (including phenoxy) is 1. The lowest BCUT2D eigenvalue weighted by Gasteiger charge is -2.19. The third-order valence-corrected chi connectivity index (χ3v) is 4.82. The first-order valence-corrected chi connectivity index (χ1v) is 10.5. The first kappa shape index (κ1) is 25.1. The maximum Gasteiger partial charge on any atom is 0.407 e. The average Bonchev–Trinajstić information content (AvgIpc) is 2.69. The Kier molecular flexibility index (Phi) is 9.96. The fourth-order valence-electron chi connectivity index (χ4n) is 1.94. The number of carbonyl (C=O) groups is 4. The molecule has 12 nitrogen and oxygen atoms in total. The molecule has 0 aliphatic carbocycles. The highest BCUT2D eigenvalue weighted by molar-refractivity contribution is 7.52. The van der Waals surface area contributed by atoms with E-state index in [-0.39, 0.29) is 6.61 Å². The molecule has 0 aliphatic rings. The fraction of sp³-hybridized carbons (Fsp3) is 0.412. The number of alkyl carbamates (subject to hydrolysis) is 1. The molecule has 1 aromatic carbocycles. The van der Waals surface area contributed by atoms with E-state index in [1.165, 1.54) is 6.92 Å². The van der Waals surface area contributed by atoms with Gasteiger partial charge in [0.05, 0.1) is 6.54 Å². The average molecular weight is 444 g/mol. The molecule has 0 unspecified atom stereocenters. The Balaban J connectivity index is 2.25. The second-order valence-electron chi connectivity index (χ2n) is 6.25. The minimum Gasteiger partial charge on any atom is -0.445 e. The van der Waals surface area contributed by atoms with Crippen molar-refractivity contribution in [1.29, 1.82) is 0 Å². The van der Waals surface area contributed by atoms with Crippen molar-refractivity contribution in [2.45, 2.75) is 32.3 Å². The molecular formula is C17H25N4O8P. The van der Waals surface area contributed by atoms with Crippen LogP contribution >= 0.6 is 7.60 Å². The molecule has 166 valence electrons. The molecule has 30 heavy (non-hydrogen) atoms. The Bertz CT molecular complexity index is 798. The zero-order valence-electron chi connectivity index (χ0n) is 16.5. The van der Waals surface area contributed by atoms with E-state index < -0.39 is 56.3 Å². The van der Waals surface area contributed by atoms with Crippen LogP contribution < -0.4 is 21.3 Å². The lowest BCUT2D eigenvalue weighted by molar-refractivity contribution is -0.129. The number of amides is 4. The monoisotopic (exact) mass is 444 g/mol. The molecule has 0 fully saturated rings. The third kappa shape index (κ3) is 10.0. The molecule has 13 heteroatoms. The normalized spacial score (nSPS) is 12.8. The Morgan fingerprint density at radius 1 is 0.967 bits per heavy atom. The van der Waals surface area contributed by atoms with Crippen LogP contribution in [0.25, 0.3) is 0 Å². The molecule has 0 aliphatic heterocycles. The zero-order chi connectivity index (χ0) is 22.7. The van der Waals surface area contributed by atoms with Crippen molar-refractivity contribution in [3.8, 4) is 0 Å². The van der Waals surface area contributed by atoms with E-state index in [0.29, 0.717) is 0 Å². The van der Waals surface area contributed by atoms with Gasteiger partial charge >= 0.3 is 13.7 Å². The second kappa shape index (κ2) is 11.9. The van der Waals surface area contributed by atoms with Gasteiger partial charge in [-0.05, 0) is 19.4 Å². The van der Waals surface area contributed by atoms with Crippen molar-refractivity contribution >= 4 is 31.4 Å². The van der Waals surface area contributed by atoms with Gasteiger partial charge in [-0.2, -0.15) is 0 Å². The van der Waals surface area contributed by atoms with Gasteiger partial charge in [-0.1, -0.05) is 30.3 Å². The van der Waals surface area contributed by atoms with Crippen LogP contribution in [0.4, 0.5) is 4.79 Å². The van der Waals surface area contributed by atoms with Crippen LogP contribution in [-0.4, -0.2) is 58.5 Å². The molecule has 4 amide bonds. The van der Waals surface area contributed by atoms with Crippen LogP contribution in [0.2, 0.25) is 0 Å². The van der Waals surface area contributed by atoms with Crippen molar-refractivity contribution in [2.75, 3.05) is 13.1 Å². The first-order chi connectivity index (χ1) is 14.0. The third-order valence-electron chi connectivity index (χ3n) is 3.68. The highest BCUT2D eigenvalue weighted by atomic mass is 31.2. The Morgan fingerprint density at radius 3 is 2.17 bits per heavy atom. The second-order valence-corrected chi connectivity index (χ2v) is 8.21.